The van der Waals surface area contributed by atoms with Crippen molar-refractivity contribution >= 4 is 22.8 Å². The molecule has 0 N–H and O–H groups in total. The van der Waals surface area contributed by atoms with Gasteiger partial charge in [0.15, 0.2) is 5.76 Å². The number of rotatable bonds is 4. The molecule has 2 amide bonds. The molecule has 150 valence electrons. The van der Waals surface area contributed by atoms with Gasteiger partial charge in [0, 0.05) is 50.5 Å². The molecule has 0 saturated carbocycles. The zero-order valence-electron chi connectivity index (χ0n) is 16.7. The maximum atomic E-state index is 13.2. The molecular weight excluding hydrogens is 356 g/mol. The van der Waals surface area contributed by atoms with E-state index in [1.54, 1.807) is 7.11 Å². The van der Waals surface area contributed by atoms with E-state index in [2.05, 4.69) is 0 Å². The highest BCUT2D eigenvalue weighted by Crippen LogP contribution is 2.39. The maximum Gasteiger partial charge on any atom is 0.289 e. The Morgan fingerprint density at radius 2 is 2.14 bits per heavy atom. The van der Waals surface area contributed by atoms with Crippen LogP contribution in [0.15, 0.2) is 28.7 Å². The van der Waals surface area contributed by atoms with E-state index >= 15 is 0 Å². The van der Waals surface area contributed by atoms with E-state index in [0.717, 1.165) is 42.3 Å². The molecule has 1 atom stereocenters. The number of para-hydroxylation sites is 1. The minimum Gasteiger partial charge on any atom is -0.451 e. The van der Waals surface area contributed by atoms with Gasteiger partial charge in [-0.2, -0.15) is 0 Å². The summed E-state index contributed by atoms with van der Waals surface area (Å²) < 4.78 is 11.1. The second-order valence-electron chi connectivity index (χ2n) is 8.24. The number of ether oxygens (including phenoxy) is 1. The van der Waals surface area contributed by atoms with Crippen LogP contribution in [0.3, 0.4) is 0 Å². The molecule has 1 spiro atoms. The van der Waals surface area contributed by atoms with Crippen LogP contribution in [0.5, 0.6) is 0 Å². The lowest BCUT2D eigenvalue weighted by molar-refractivity contribution is -0.139. The Bertz CT molecular complexity index is 890. The molecule has 1 aromatic carbocycles. The van der Waals surface area contributed by atoms with Crippen LogP contribution in [0, 0.1) is 12.3 Å². The van der Waals surface area contributed by atoms with Gasteiger partial charge < -0.3 is 19.0 Å². The zero-order valence-corrected chi connectivity index (χ0v) is 16.7. The van der Waals surface area contributed by atoms with Crippen molar-refractivity contribution in [2.75, 3.05) is 39.9 Å². The van der Waals surface area contributed by atoms with Crippen molar-refractivity contribution in [3.8, 4) is 0 Å². The van der Waals surface area contributed by atoms with Crippen molar-refractivity contribution in [3.05, 3.63) is 35.6 Å². The molecule has 0 unspecified atom stereocenters. The van der Waals surface area contributed by atoms with Crippen LogP contribution in [-0.2, 0) is 9.53 Å². The van der Waals surface area contributed by atoms with Crippen LogP contribution in [0.25, 0.3) is 11.0 Å². The van der Waals surface area contributed by atoms with Crippen LogP contribution in [0.1, 0.15) is 41.8 Å². The Hall–Kier alpha value is -2.34. The van der Waals surface area contributed by atoms with E-state index in [0.29, 0.717) is 38.4 Å². The third-order valence-corrected chi connectivity index (χ3v) is 6.21. The third-order valence-electron chi connectivity index (χ3n) is 6.21. The van der Waals surface area contributed by atoms with Gasteiger partial charge in [-0.1, -0.05) is 18.2 Å². The van der Waals surface area contributed by atoms with Crippen LogP contribution >= 0.6 is 0 Å². The molecule has 2 saturated heterocycles. The molecule has 4 rings (SSSR count). The minimum atomic E-state index is -0.0463. The van der Waals surface area contributed by atoms with Crippen molar-refractivity contribution in [3.63, 3.8) is 0 Å². The molecule has 2 aliphatic heterocycles. The van der Waals surface area contributed by atoms with E-state index in [1.807, 2.05) is 41.0 Å². The molecule has 6 nitrogen and oxygen atoms in total. The monoisotopic (exact) mass is 384 g/mol. The van der Waals surface area contributed by atoms with Gasteiger partial charge in [0.25, 0.3) is 5.91 Å². The molecule has 6 heteroatoms. The summed E-state index contributed by atoms with van der Waals surface area (Å²) in [6.45, 7) is 5.28. The first kappa shape index (κ1) is 19.0. The van der Waals surface area contributed by atoms with Crippen LogP contribution in [0.4, 0.5) is 0 Å². The maximum absolute atomic E-state index is 13.2. The number of amides is 2. The normalized spacial score (nSPS) is 23.0. The molecule has 2 aromatic rings. The number of carbonyl (C=O) groups is 2. The number of hydrogen-bond donors (Lipinski definition) is 0. The Kier molecular flexibility index (Phi) is 5.15. The SMILES string of the molecule is COCCN1C[C@]2(CCCN(C(=O)c3cc4cccc(C)c4o3)C2)CCC1=O. The first-order chi connectivity index (χ1) is 13.5. The molecule has 0 bridgehead atoms. The van der Waals surface area contributed by atoms with E-state index in [-0.39, 0.29) is 17.2 Å². The highest BCUT2D eigenvalue weighted by atomic mass is 16.5. The topological polar surface area (TPSA) is 63.0 Å². The van der Waals surface area contributed by atoms with E-state index < -0.39 is 0 Å². The predicted octanol–water partition coefficient (Wildman–Crippen LogP) is 3.23. The highest BCUT2D eigenvalue weighted by Gasteiger charge is 2.43. The zero-order chi connectivity index (χ0) is 19.7. The summed E-state index contributed by atoms with van der Waals surface area (Å²) in [5, 5.41) is 0.962. The summed E-state index contributed by atoms with van der Waals surface area (Å²) in [6, 6.07) is 7.79. The molecule has 1 aromatic heterocycles. The highest BCUT2D eigenvalue weighted by molar-refractivity contribution is 5.96. The molecule has 2 aliphatic rings. The molecule has 0 aliphatic carbocycles. The number of nitrogens with zero attached hydrogens (tertiary/aromatic N) is 2. The van der Waals surface area contributed by atoms with Crippen molar-refractivity contribution in [1.29, 1.82) is 0 Å². The second-order valence-corrected chi connectivity index (χ2v) is 8.24. The van der Waals surface area contributed by atoms with Gasteiger partial charge in [0.2, 0.25) is 5.91 Å². The predicted molar refractivity (Wildman–Crippen MR) is 106 cm³/mol. The molecule has 3 heterocycles. The average Bonchev–Trinajstić information content (AvgIpc) is 3.14. The second kappa shape index (κ2) is 7.59. The Labute approximate surface area is 165 Å². The Balaban J connectivity index is 1.51. The van der Waals surface area contributed by atoms with Crippen LogP contribution in [0.2, 0.25) is 0 Å². The minimum absolute atomic E-state index is 0.0164. The lowest BCUT2D eigenvalue weighted by atomic mass is 9.73. The van der Waals surface area contributed by atoms with E-state index in [9.17, 15) is 9.59 Å². The molecule has 0 radical (unpaired) electrons. The molecular formula is C22H28N2O4. The quantitative estimate of drug-likeness (QED) is 0.812. The fourth-order valence-corrected chi connectivity index (χ4v) is 4.69. The smallest absolute Gasteiger partial charge is 0.289 e. The van der Waals surface area contributed by atoms with E-state index in [4.69, 9.17) is 9.15 Å². The number of aryl methyl sites for hydroxylation is 1. The summed E-state index contributed by atoms with van der Waals surface area (Å²) in [7, 11) is 1.65. The van der Waals surface area contributed by atoms with E-state index in [1.165, 1.54) is 0 Å². The first-order valence-corrected chi connectivity index (χ1v) is 10.1. The van der Waals surface area contributed by atoms with Crippen molar-refractivity contribution in [1.82, 2.24) is 9.80 Å². The summed E-state index contributed by atoms with van der Waals surface area (Å²) in [4.78, 5) is 29.3. The van der Waals surface area contributed by atoms with Crippen molar-refractivity contribution < 1.29 is 18.7 Å². The number of methoxy groups -OCH3 is 1. The summed E-state index contributed by atoms with van der Waals surface area (Å²) in [5.41, 5.74) is 1.80. The average molecular weight is 384 g/mol. The van der Waals surface area contributed by atoms with Gasteiger partial charge in [-0.3, -0.25) is 9.59 Å². The number of piperidine rings is 2. The number of benzene rings is 1. The largest absolute Gasteiger partial charge is 0.451 e. The third kappa shape index (κ3) is 3.53. The van der Waals surface area contributed by atoms with Gasteiger partial charge in [0.1, 0.15) is 5.58 Å². The van der Waals surface area contributed by atoms with Crippen LogP contribution in [-0.4, -0.2) is 61.5 Å². The van der Waals surface area contributed by atoms with Gasteiger partial charge in [-0.25, -0.2) is 0 Å². The van der Waals surface area contributed by atoms with Gasteiger partial charge >= 0.3 is 0 Å². The molecule has 28 heavy (non-hydrogen) atoms. The fourth-order valence-electron chi connectivity index (χ4n) is 4.69. The Morgan fingerprint density at radius 1 is 1.29 bits per heavy atom. The molecule has 2 fully saturated rings. The number of carbonyl (C=O) groups excluding carboxylic acids is 2. The first-order valence-electron chi connectivity index (χ1n) is 10.1. The summed E-state index contributed by atoms with van der Waals surface area (Å²) in [5.74, 6) is 0.554. The van der Waals surface area contributed by atoms with Gasteiger partial charge in [-0.15, -0.1) is 0 Å². The van der Waals surface area contributed by atoms with Crippen molar-refractivity contribution in [2.45, 2.75) is 32.6 Å². The number of hydrogen-bond acceptors (Lipinski definition) is 4. The van der Waals surface area contributed by atoms with Crippen molar-refractivity contribution in [2.24, 2.45) is 5.41 Å². The number of furan rings is 1. The summed E-state index contributed by atoms with van der Waals surface area (Å²) >= 11 is 0. The number of likely N-dealkylation sites (tertiary alicyclic amines) is 2. The lowest BCUT2D eigenvalue weighted by Gasteiger charge is -2.48. The Morgan fingerprint density at radius 3 is 2.93 bits per heavy atom. The fraction of sp³-hybridized carbons (Fsp3) is 0.545. The van der Waals surface area contributed by atoms with Gasteiger partial charge in [-0.05, 0) is 37.8 Å². The van der Waals surface area contributed by atoms with Crippen LogP contribution < -0.4 is 0 Å². The summed E-state index contributed by atoms with van der Waals surface area (Å²) in [6.07, 6.45) is 3.40. The van der Waals surface area contributed by atoms with Gasteiger partial charge in [0.05, 0.1) is 6.61 Å². The lowest BCUT2D eigenvalue weighted by Crippen LogP contribution is -2.55. The standard InChI is InChI=1S/C22H28N2O4/c1-16-5-3-6-17-13-18(28-20(16)17)21(26)24-10-4-8-22(15-24)9-7-19(25)23(14-22)11-12-27-2/h3,5-6,13H,4,7-12,14-15H2,1-2H3/t22-/m0/s1. The number of fused-ring (bicyclic) bond motifs is 1.